The molecular weight excluding hydrogens is 352 g/mol. The second-order valence-corrected chi connectivity index (χ2v) is 6.74. The first-order chi connectivity index (χ1) is 7.59. The highest BCUT2D eigenvalue weighted by molar-refractivity contribution is 9.13. The van der Waals surface area contributed by atoms with Crippen molar-refractivity contribution < 1.29 is 0 Å². The maximum atomic E-state index is 6.23. The molecule has 0 saturated carbocycles. The summed E-state index contributed by atoms with van der Waals surface area (Å²) >= 11 is 8.59. The Kier molecular flexibility index (Phi) is 3.79. The smallest absolute Gasteiger partial charge is 0.0843 e. The summed E-state index contributed by atoms with van der Waals surface area (Å²) in [6.45, 7) is 2.05. The van der Waals surface area contributed by atoms with Gasteiger partial charge in [-0.25, -0.2) is 0 Å². The van der Waals surface area contributed by atoms with Crippen molar-refractivity contribution in [2.24, 2.45) is 5.73 Å². The molecule has 2 heterocycles. The Morgan fingerprint density at radius 2 is 2.19 bits per heavy atom. The van der Waals surface area contributed by atoms with E-state index in [0.29, 0.717) is 0 Å². The molecule has 2 aromatic heterocycles. The van der Waals surface area contributed by atoms with Gasteiger partial charge in [0.2, 0.25) is 0 Å². The quantitative estimate of drug-likeness (QED) is 0.877. The van der Waals surface area contributed by atoms with Crippen molar-refractivity contribution in [3.8, 4) is 0 Å². The van der Waals surface area contributed by atoms with Gasteiger partial charge in [0.15, 0.2) is 0 Å². The van der Waals surface area contributed by atoms with Crippen LogP contribution in [-0.4, -0.2) is 4.98 Å². The number of pyridine rings is 1. The largest absolute Gasteiger partial charge is 0.320 e. The van der Waals surface area contributed by atoms with Gasteiger partial charge in [0.25, 0.3) is 0 Å². The Labute approximate surface area is 115 Å². The predicted molar refractivity (Wildman–Crippen MR) is 74.7 cm³/mol. The molecule has 5 heteroatoms. The number of thiophene rings is 1. The van der Waals surface area contributed by atoms with Gasteiger partial charge in [-0.3, -0.25) is 4.98 Å². The molecule has 0 radical (unpaired) electrons. The Hall–Kier alpha value is -0.230. The zero-order valence-electron chi connectivity index (χ0n) is 8.58. The second-order valence-electron chi connectivity index (χ2n) is 3.48. The molecule has 0 amide bonds. The third-order valence-electron chi connectivity index (χ3n) is 2.39. The zero-order chi connectivity index (χ0) is 11.7. The van der Waals surface area contributed by atoms with Gasteiger partial charge in [-0.2, -0.15) is 0 Å². The number of aromatic nitrogens is 1. The van der Waals surface area contributed by atoms with Crippen molar-refractivity contribution in [2.75, 3.05) is 0 Å². The van der Waals surface area contributed by atoms with Gasteiger partial charge < -0.3 is 5.73 Å². The molecule has 0 aliphatic carbocycles. The lowest BCUT2D eigenvalue weighted by Gasteiger charge is -2.11. The Morgan fingerprint density at radius 3 is 2.75 bits per heavy atom. The number of rotatable bonds is 2. The van der Waals surface area contributed by atoms with E-state index in [0.717, 1.165) is 18.7 Å². The minimum Gasteiger partial charge on any atom is -0.320 e. The van der Waals surface area contributed by atoms with Crippen molar-refractivity contribution in [1.82, 2.24) is 4.98 Å². The molecule has 0 spiro atoms. The molecule has 0 aliphatic heterocycles. The normalized spacial score (nSPS) is 12.8. The Balaban J connectivity index is 2.39. The first-order valence-electron chi connectivity index (χ1n) is 4.70. The number of aryl methyl sites for hydroxylation is 1. The monoisotopic (exact) mass is 360 g/mol. The summed E-state index contributed by atoms with van der Waals surface area (Å²) in [4.78, 5) is 5.24. The molecule has 84 valence electrons. The van der Waals surface area contributed by atoms with Crippen LogP contribution >= 0.6 is 43.2 Å². The summed E-state index contributed by atoms with van der Waals surface area (Å²) in [6.07, 6.45) is 3.62. The summed E-state index contributed by atoms with van der Waals surface area (Å²) < 4.78 is 2.11. The van der Waals surface area contributed by atoms with E-state index >= 15 is 0 Å². The number of nitrogens with zero attached hydrogens (tertiary/aromatic N) is 1. The lowest BCUT2D eigenvalue weighted by molar-refractivity contribution is 0.872. The topological polar surface area (TPSA) is 38.9 Å². The molecule has 0 fully saturated rings. The van der Waals surface area contributed by atoms with Crippen molar-refractivity contribution in [1.29, 1.82) is 0 Å². The summed E-state index contributed by atoms with van der Waals surface area (Å²) in [6, 6.07) is 3.92. The van der Waals surface area contributed by atoms with Gasteiger partial charge in [-0.05, 0) is 62.0 Å². The van der Waals surface area contributed by atoms with E-state index in [2.05, 4.69) is 43.8 Å². The molecule has 2 N–H and O–H groups in total. The van der Waals surface area contributed by atoms with Crippen LogP contribution in [0.3, 0.4) is 0 Å². The average Bonchev–Trinajstić information content (AvgIpc) is 2.59. The fourth-order valence-electron chi connectivity index (χ4n) is 1.47. The fraction of sp³-hybridized carbons (Fsp3) is 0.182. The third-order valence-corrected chi connectivity index (χ3v) is 5.72. The van der Waals surface area contributed by atoms with Gasteiger partial charge in [0.05, 0.1) is 9.83 Å². The lowest BCUT2D eigenvalue weighted by atomic mass is 10.0. The molecule has 2 nitrogen and oxygen atoms in total. The summed E-state index contributed by atoms with van der Waals surface area (Å²) in [5.41, 5.74) is 8.47. The van der Waals surface area contributed by atoms with E-state index in [1.165, 1.54) is 5.56 Å². The zero-order valence-corrected chi connectivity index (χ0v) is 12.6. The van der Waals surface area contributed by atoms with E-state index in [-0.39, 0.29) is 6.04 Å². The maximum absolute atomic E-state index is 6.23. The van der Waals surface area contributed by atoms with Crippen LogP contribution in [0.2, 0.25) is 0 Å². The number of nitrogens with two attached hydrogens (primary N) is 1. The molecule has 1 unspecified atom stereocenters. The minimum absolute atomic E-state index is 0.110. The van der Waals surface area contributed by atoms with E-state index in [1.54, 1.807) is 17.5 Å². The van der Waals surface area contributed by atoms with Gasteiger partial charge in [0, 0.05) is 21.7 Å². The van der Waals surface area contributed by atoms with Gasteiger partial charge >= 0.3 is 0 Å². The third kappa shape index (κ3) is 2.37. The maximum Gasteiger partial charge on any atom is 0.0843 e. The van der Waals surface area contributed by atoms with Crippen LogP contribution in [0, 0.1) is 6.92 Å². The first-order valence-corrected chi connectivity index (χ1v) is 7.10. The van der Waals surface area contributed by atoms with Crippen LogP contribution in [0.15, 0.2) is 32.8 Å². The van der Waals surface area contributed by atoms with Crippen molar-refractivity contribution in [3.63, 3.8) is 0 Å². The first kappa shape index (κ1) is 12.2. The number of hydrogen-bond acceptors (Lipinski definition) is 3. The molecule has 16 heavy (non-hydrogen) atoms. The number of halogens is 2. The fourth-order valence-corrected chi connectivity index (χ4v) is 3.58. The van der Waals surface area contributed by atoms with Gasteiger partial charge in [-0.15, -0.1) is 11.3 Å². The number of hydrogen-bond donors (Lipinski definition) is 1. The van der Waals surface area contributed by atoms with Crippen LogP contribution < -0.4 is 5.73 Å². The average molecular weight is 362 g/mol. The van der Waals surface area contributed by atoms with Crippen LogP contribution in [-0.2, 0) is 0 Å². The highest BCUT2D eigenvalue weighted by Gasteiger charge is 2.15. The molecule has 1 atom stereocenters. The van der Waals surface area contributed by atoms with Crippen molar-refractivity contribution in [2.45, 2.75) is 13.0 Å². The molecule has 0 aliphatic rings. The minimum atomic E-state index is -0.110. The van der Waals surface area contributed by atoms with Crippen molar-refractivity contribution in [3.05, 3.63) is 48.8 Å². The second kappa shape index (κ2) is 4.96. The van der Waals surface area contributed by atoms with Crippen LogP contribution in [0.5, 0.6) is 0 Å². The van der Waals surface area contributed by atoms with E-state index in [1.807, 2.05) is 18.3 Å². The van der Waals surface area contributed by atoms with Gasteiger partial charge in [-0.1, -0.05) is 0 Å². The standard InChI is InChI=1S/C11H10Br2N2S/c1-6-2-3-15-5-7(6)10(14)9-4-8(12)11(13)16-9/h2-5,10H,14H2,1H3. The Bertz CT molecular complexity index is 491. The summed E-state index contributed by atoms with van der Waals surface area (Å²) in [7, 11) is 0. The molecule has 2 rings (SSSR count). The molecule has 0 aromatic carbocycles. The van der Waals surface area contributed by atoms with Gasteiger partial charge in [0.1, 0.15) is 0 Å². The van der Waals surface area contributed by atoms with Crippen LogP contribution in [0.1, 0.15) is 22.0 Å². The highest BCUT2D eigenvalue weighted by Crippen LogP contribution is 2.36. The molecular formula is C11H10Br2N2S. The molecule has 2 aromatic rings. The van der Waals surface area contributed by atoms with Crippen LogP contribution in [0.4, 0.5) is 0 Å². The highest BCUT2D eigenvalue weighted by atomic mass is 79.9. The summed E-state index contributed by atoms with van der Waals surface area (Å²) in [5, 5.41) is 0. The van der Waals surface area contributed by atoms with E-state index in [4.69, 9.17) is 5.73 Å². The Morgan fingerprint density at radius 1 is 1.44 bits per heavy atom. The van der Waals surface area contributed by atoms with E-state index in [9.17, 15) is 0 Å². The van der Waals surface area contributed by atoms with Crippen molar-refractivity contribution >= 4 is 43.2 Å². The molecule has 0 saturated heterocycles. The van der Waals surface area contributed by atoms with E-state index < -0.39 is 0 Å². The summed E-state index contributed by atoms with van der Waals surface area (Å²) in [5.74, 6) is 0. The predicted octanol–water partition coefficient (Wildman–Crippen LogP) is 4.02. The lowest BCUT2D eigenvalue weighted by Crippen LogP contribution is -2.11. The van der Waals surface area contributed by atoms with Crippen LogP contribution in [0.25, 0.3) is 0 Å². The SMILES string of the molecule is Cc1ccncc1C(N)c1cc(Br)c(Br)s1. The molecule has 0 bridgehead atoms.